The number of thioether (sulfide) groups is 2. The van der Waals surface area contributed by atoms with E-state index in [9.17, 15) is 9.59 Å². The number of rotatable bonds is 11. The van der Waals surface area contributed by atoms with E-state index in [4.69, 9.17) is 0 Å². The van der Waals surface area contributed by atoms with Gasteiger partial charge in [0.05, 0.1) is 66.9 Å². The molecule has 130 valence electrons. The third kappa shape index (κ3) is 16.3. The predicted molar refractivity (Wildman–Crippen MR) is 99.2 cm³/mol. The first kappa shape index (κ1) is 22.0. The summed E-state index contributed by atoms with van der Waals surface area (Å²) in [5.74, 6) is 1.75. The SMILES string of the molecule is C[N+](C)(C)CCSC(=O)CCCCC(=O)SCC[N+](C)(C)C. The standard InChI is InChI=1S/C16H34N2O2S2/c1-17(2,3)11-13-21-15(19)9-7-8-10-16(20)22-14-12-18(4,5)6/h7-14H2,1-6H3/q+2. The summed E-state index contributed by atoms with van der Waals surface area (Å²) in [4.78, 5) is 23.4. The van der Waals surface area contributed by atoms with Gasteiger partial charge in [-0.15, -0.1) is 0 Å². The summed E-state index contributed by atoms with van der Waals surface area (Å²) in [6, 6.07) is 0. The highest BCUT2D eigenvalue weighted by molar-refractivity contribution is 8.13. The van der Waals surface area contributed by atoms with Crippen LogP contribution in [0.25, 0.3) is 0 Å². The lowest BCUT2D eigenvalue weighted by molar-refractivity contribution is -0.867. The highest BCUT2D eigenvalue weighted by Crippen LogP contribution is 2.14. The van der Waals surface area contributed by atoms with Crippen molar-refractivity contribution in [1.29, 1.82) is 0 Å². The summed E-state index contributed by atoms with van der Waals surface area (Å²) < 4.78 is 1.78. The molecule has 0 atom stereocenters. The van der Waals surface area contributed by atoms with Crippen LogP contribution >= 0.6 is 23.5 Å². The maximum Gasteiger partial charge on any atom is 0.189 e. The van der Waals surface area contributed by atoms with Crippen molar-refractivity contribution in [3.05, 3.63) is 0 Å². The summed E-state index contributed by atoms with van der Waals surface area (Å²) in [6.07, 6.45) is 2.85. The zero-order valence-corrected chi connectivity index (χ0v) is 16.8. The average Bonchev–Trinajstić information content (AvgIpc) is 2.31. The molecule has 4 nitrogen and oxygen atoms in total. The minimum Gasteiger partial charge on any atom is -0.330 e. The number of hydrogen-bond donors (Lipinski definition) is 0. The summed E-state index contributed by atoms with van der Waals surface area (Å²) in [5.41, 5.74) is 0. The van der Waals surface area contributed by atoms with Crippen LogP contribution in [0.1, 0.15) is 25.7 Å². The van der Waals surface area contributed by atoms with Gasteiger partial charge < -0.3 is 8.97 Å². The minimum absolute atomic E-state index is 0.263. The fourth-order valence-corrected chi connectivity index (χ4v) is 3.86. The zero-order chi connectivity index (χ0) is 17.2. The van der Waals surface area contributed by atoms with Crippen LogP contribution in [0.4, 0.5) is 0 Å². The highest BCUT2D eigenvalue weighted by atomic mass is 32.2. The van der Waals surface area contributed by atoms with Crippen LogP contribution in [-0.4, -0.2) is 86.1 Å². The molecule has 0 radical (unpaired) electrons. The fourth-order valence-electron chi connectivity index (χ4n) is 1.55. The average molecular weight is 351 g/mol. The van der Waals surface area contributed by atoms with Crippen molar-refractivity contribution in [2.45, 2.75) is 25.7 Å². The van der Waals surface area contributed by atoms with Crippen LogP contribution in [0, 0.1) is 0 Å². The number of carbonyl (C=O) groups excluding carboxylic acids is 2. The van der Waals surface area contributed by atoms with Gasteiger partial charge in [-0.25, -0.2) is 0 Å². The quantitative estimate of drug-likeness (QED) is 0.423. The molecule has 0 saturated heterocycles. The second kappa shape index (κ2) is 10.7. The second-order valence-electron chi connectivity index (χ2n) is 7.68. The topological polar surface area (TPSA) is 34.1 Å². The molecule has 0 aliphatic heterocycles. The first-order valence-corrected chi connectivity index (χ1v) is 9.89. The molecule has 0 aliphatic rings. The molecule has 0 bridgehead atoms. The van der Waals surface area contributed by atoms with Crippen molar-refractivity contribution < 1.29 is 18.6 Å². The van der Waals surface area contributed by atoms with Crippen molar-refractivity contribution in [1.82, 2.24) is 0 Å². The van der Waals surface area contributed by atoms with Gasteiger partial charge in [-0.05, 0) is 12.8 Å². The van der Waals surface area contributed by atoms with Gasteiger partial charge in [0.2, 0.25) is 0 Å². The molecule has 0 amide bonds. The smallest absolute Gasteiger partial charge is 0.189 e. The first-order chi connectivity index (χ1) is 9.99. The number of quaternary nitrogens is 2. The Morgan fingerprint density at radius 2 is 1.00 bits per heavy atom. The molecule has 0 heterocycles. The van der Waals surface area contributed by atoms with Crippen LogP contribution in [0.3, 0.4) is 0 Å². The van der Waals surface area contributed by atoms with Crippen LogP contribution in [0.5, 0.6) is 0 Å². The largest absolute Gasteiger partial charge is 0.330 e. The molecule has 0 unspecified atom stereocenters. The van der Waals surface area contributed by atoms with Crippen LogP contribution in [0.15, 0.2) is 0 Å². The Balaban J connectivity index is 3.55. The van der Waals surface area contributed by atoms with Gasteiger partial charge in [0.15, 0.2) is 10.2 Å². The van der Waals surface area contributed by atoms with Gasteiger partial charge in [-0.2, -0.15) is 0 Å². The lowest BCUT2D eigenvalue weighted by Crippen LogP contribution is -2.36. The van der Waals surface area contributed by atoms with E-state index in [0.717, 1.165) is 46.4 Å². The molecule has 0 aromatic heterocycles. The van der Waals surface area contributed by atoms with Crippen molar-refractivity contribution in [3.8, 4) is 0 Å². The van der Waals surface area contributed by atoms with Gasteiger partial charge in [0.1, 0.15) is 0 Å². The Morgan fingerprint density at radius 1 is 0.682 bits per heavy atom. The van der Waals surface area contributed by atoms with E-state index in [2.05, 4.69) is 42.3 Å². The Bertz CT molecular complexity index is 313. The van der Waals surface area contributed by atoms with Crippen molar-refractivity contribution in [3.63, 3.8) is 0 Å². The van der Waals surface area contributed by atoms with E-state index >= 15 is 0 Å². The molecule has 0 rings (SSSR count). The predicted octanol–water partition coefficient (Wildman–Crippen LogP) is 2.48. The van der Waals surface area contributed by atoms with E-state index in [1.54, 1.807) is 0 Å². The first-order valence-electron chi connectivity index (χ1n) is 7.92. The third-order valence-corrected chi connectivity index (χ3v) is 4.89. The monoisotopic (exact) mass is 350 g/mol. The molecular formula is C16H34N2O2S2+2. The molecule has 0 spiro atoms. The molecular weight excluding hydrogens is 316 g/mol. The number of carbonyl (C=O) groups is 2. The van der Waals surface area contributed by atoms with Crippen LogP contribution in [0.2, 0.25) is 0 Å². The van der Waals surface area contributed by atoms with Crippen molar-refractivity contribution in [2.24, 2.45) is 0 Å². The van der Waals surface area contributed by atoms with E-state index in [-0.39, 0.29) is 10.2 Å². The summed E-state index contributed by atoms with van der Waals surface area (Å²) in [6.45, 7) is 2.00. The fraction of sp³-hybridized carbons (Fsp3) is 0.875. The second-order valence-corrected chi connectivity index (χ2v) is 9.98. The third-order valence-electron chi connectivity index (χ3n) is 3.06. The molecule has 0 fully saturated rings. The molecule has 0 saturated carbocycles. The lowest BCUT2D eigenvalue weighted by atomic mass is 10.2. The van der Waals surface area contributed by atoms with E-state index < -0.39 is 0 Å². The van der Waals surface area contributed by atoms with Crippen molar-refractivity contribution in [2.75, 3.05) is 66.9 Å². The van der Waals surface area contributed by atoms with Gasteiger partial charge in [0, 0.05) is 12.8 Å². The Hall–Kier alpha value is -0.0400. The molecule has 0 aromatic carbocycles. The van der Waals surface area contributed by atoms with Gasteiger partial charge in [-0.3, -0.25) is 9.59 Å². The maximum absolute atomic E-state index is 11.7. The number of hydrogen-bond acceptors (Lipinski definition) is 4. The van der Waals surface area contributed by atoms with Gasteiger partial charge >= 0.3 is 0 Å². The van der Waals surface area contributed by atoms with E-state index in [1.165, 1.54) is 23.5 Å². The zero-order valence-electron chi connectivity index (χ0n) is 15.2. The molecule has 0 N–H and O–H groups in total. The lowest BCUT2D eigenvalue weighted by Gasteiger charge is -2.23. The number of nitrogens with zero attached hydrogens (tertiary/aromatic N) is 2. The van der Waals surface area contributed by atoms with E-state index in [0.29, 0.717) is 12.8 Å². The van der Waals surface area contributed by atoms with Crippen molar-refractivity contribution >= 4 is 33.8 Å². The molecule has 0 aromatic rings. The Morgan fingerprint density at radius 3 is 1.27 bits per heavy atom. The number of unbranched alkanes of at least 4 members (excludes halogenated alkanes) is 1. The summed E-state index contributed by atoms with van der Waals surface area (Å²) in [5, 5.41) is 0.525. The minimum atomic E-state index is 0.263. The van der Waals surface area contributed by atoms with Gasteiger partial charge in [0.25, 0.3) is 0 Å². The molecule has 22 heavy (non-hydrogen) atoms. The van der Waals surface area contributed by atoms with Crippen LogP contribution < -0.4 is 0 Å². The normalized spacial score (nSPS) is 12.5. The Labute approximate surface area is 145 Å². The molecule has 6 heteroatoms. The highest BCUT2D eigenvalue weighted by Gasteiger charge is 2.11. The summed E-state index contributed by atoms with van der Waals surface area (Å²) in [7, 11) is 12.8. The van der Waals surface area contributed by atoms with Gasteiger partial charge in [-0.1, -0.05) is 23.5 Å². The molecule has 0 aliphatic carbocycles. The Kier molecular flexibility index (Phi) is 10.7. The van der Waals surface area contributed by atoms with Crippen LogP contribution in [-0.2, 0) is 9.59 Å². The maximum atomic E-state index is 11.7. The summed E-state index contributed by atoms with van der Waals surface area (Å²) >= 11 is 2.86. The van der Waals surface area contributed by atoms with E-state index in [1.807, 2.05) is 0 Å².